The maximum Gasteiger partial charge on any atom is 0.123 e. The van der Waals surface area contributed by atoms with Gasteiger partial charge in [-0.15, -0.1) is 11.6 Å². The van der Waals surface area contributed by atoms with Crippen LogP contribution in [0.1, 0.15) is 44.9 Å². The van der Waals surface area contributed by atoms with E-state index >= 15 is 0 Å². The molecule has 2 bridgehead atoms. The van der Waals surface area contributed by atoms with E-state index in [0.29, 0.717) is 12.5 Å². The van der Waals surface area contributed by atoms with Crippen LogP contribution in [-0.4, -0.2) is 53.0 Å². The number of rotatable bonds is 2. The van der Waals surface area contributed by atoms with E-state index in [0.717, 1.165) is 32.1 Å². The number of hydrogen-bond acceptors (Lipinski definition) is 4. The van der Waals surface area contributed by atoms with Gasteiger partial charge in [0.2, 0.25) is 0 Å². The van der Waals surface area contributed by atoms with Crippen molar-refractivity contribution in [1.29, 1.82) is 0 Å². The number of nitrogens with zero attached hydrogens (tertiary/aromatic N) is 1. The monoisotopic (exact) mass is 302 g/mol. The third-order valence-electron chi connectivity index (χ3n) is 5.88. The van der Waals surface area contributed by atoms with Crippen LogP contribution in [0.4, 0.5) is 0 Å². The largest absolute Gasteiger partial charge is 0.388 e. The van der Waals surface area contributed by atoms with Gasteiger partial charge in [0, 0.05) is 11.9 Å². The minimum Gasteiger partial charge on any atom is -0.388 e. The lowest BCUT2D eigenvalue weighted by atomic mass is 9.63. The molecule has 0 aromatic carbocycles. The van der Waals surface area contributed by atoms with Gasteiger partial charge in [0.25, 0.3) is 0 Å². The molecule has 0 spiro atoms. The lowest BCUT2D eigenvalue weighted by Crippen LogP contribution is -2.74. The van der Waals surface area contributed by atoms with Crippen molar-refractivity contribution in [1.82, 2.24) is 4.90 Å². The van der Waals surface area contributed by atoms with E-state index in [1.807, 2.05) is 0 Å². The number of aliphatic hydroxyl groups excluding tert-OH is 1. The van der Waals surface area contributed by atoms with Gasteiger partial charge in [0.1, 0.15) is 6.23 Å². The Balaban J connectivity index is 1.96. The molecule has 5 heteroatoms. The zero-order valence-corrected chi connectivity index (χ0v) is 13.1. The van der Waals surface area contributed by atoms with Crippen LogP contribution in [0.15, 0.2) is 0 Å². The summed E-state index contributed by atoms with van der Waals surface area (Å²) in [5.41, 5.74) is 5.65. The highest BCUT2D eigenvalue weighted by Crippen LogP contribution is 2.50. The molecular weight excluding hydrogens is 276 g/mol. The van der Waals surface area contributed by atoms with Crippen LogP contribution in [0.25, 0.3) is 0 Å². The predicted molar refractivity (Wildman–Crippen MR) is 79.7 cm³/mol. The molecule has 3 N–H and O–H groups in total. The second-order valence-corrected chi connectivity index (χ2v) is 7.27. The molecule has 1 saturated heterocycles. The third-order valence-corrected chi connectivity index (χ3v) is 6.40. The van der Waals surface area contributed by atoms with Crippen LogP contribution in [0.2, 0.25) is 0 Å². The number of halogens is 1. The first-order valence-electron chi connectivity index (χ1n) is 8.02. The smallest absolute Gasteiger partial charge is 0.123 e. The highest BCUT2D eigenvalue weighted by Gasteiger charge is 2.59. The van der Waals surface area contributed by atoms with E-state index < -0.39 is 6.10 Å². The summed E-state index contributed by atoms with van der Waals surface area (Å²) in [5, 5.41) is 11.1. The first-order valence-corrected chi connectivity index (χ1v) is 8.45. The van der Waals surface area contributed by atoms with Crippen LogP contribution in [-0.2, 0) is 4.74 Å². The third kappa shape index (κ3) is 2.12. The summed E-state index contributed by atoms with van der Waals surface area (Å²) in [6, 6.07) is 0. The van der Waals surface area contributed by atoms with Gasteiger partial charge < -0.3 is 15.6 Å². The van der Waals surface area contributed by atoms with Gasteiger partial charge in [-0.05, 0) is 45.1 Å². The predicted octanol–water partition coefficient (Wildman–Crippen LogP) is 1.68. The van der Waals surface area contributed by atoms with E-state index in [1.165, 1.54) is 12.8 Å². The van der Waals surface area contributed by atoms with Crippen molar-refractivity contribution >= 4 is 11.6 Å². The molecule has 3 rings (SSSR count). The fourth-order valence-electron chi connectivity index (χ4n) is 4.83. The van der Waals surface area contributed by atoms with Crippen LogP contribution < -0.4 is 5.73 Å². The molecule has 1 heterocycles. The fraction of sp³-hybridized carbons (Fsp3) is 1.00. The summed E-state index contributed by atoms with van der Waals surface area (Å²) in [6.45, 7) is 0.473. The molecule has 2 saturated carbocycles. The normalized spacial score (nSPS) is 50.1. The van der Waals surface area contributed by atoms with Crippen LogP contribution in [0.5, 0.6) is 0 Å². The summed E-state index contributed by atoms with van der Waals surface area (Å²) in [6.07, 6.45) is 7.05. The fourth-order valence-corrected chi connectivity index (χ4v) is 5.33. The van der Waals surface area contributed by atoms with Gasteiger partial charge in [0.15, 0.2) is 0 Å². The molecule has 6 unspecified atom stereocenters. The Bertz CT molecular complexity index is 357. The molecule has 0 radical (unpaired) electrons. The number of fused-ring (bicyclic) bond motifs is 2. The van der Waals surface area contributed by atoms with Crippen molar-refractivity contribution in [3.05, 3.63) is 0 Å². The zero-order chi connectivity index (χ0) is 14.3. The highest BCUT2D eigenvalue weighted by molar-refractivity contribution is 6.20. The Morgan fingerprint density at radius 1 is 1.30 bits per heavy atom. The average Bonchev–Trinajstić information content (AvgIpc) is 2.45. The molecule has 20 heavy (non-hydrogen) atoms. The molecule has 6 atom stereocenters. The lowest BCUT2D eigenvalue weighted by Gasteiger charge is -2.61. The Morgan fingerprint density at radius 3 is 2.75 bits per heavy atom. The number of hydrogen-bond donors (Lipinski definition) is 2. The maximum atomic E-state index is 10.9. The van der Waals surface area contributed by atoms with Gasteiger partial charge >= 0.3 is 0 Å². The standard InChI is InChI=1S/C15H27ClN2O2/c1-18-13(9-17)20-12-7-4-8-15(18,14(12)19)10-5-2-3-6-11(10)16/h10-14,19H,2-9,17H2,1H3. The van der Waals surface area contributed by atoms with Crippen LogP contribution in [0.3, 0.4) is 0 Å². The first-order chi connectivity index (χ1) is 9.61. The van der Waals surface area contributed by atoms with E-state index in [-0.39, 0.29) is 23.2 Å². The minimum atomic E-state index is -0.437. The topological polar surface area (TPSA) is 58.7 Å². The van der Waals surface area contributed by atoms with Gasteiger partial charge in [-0.1, -0.05) is 12.8 Å². The van der Waals surface area contributed by atoms with Gasteiger partial charge in [-0.2, -0.15) is 0 Å². The van der Waals surface area contributed by atoms with Crippen molar-refractivity contribution in [3.63, 3.8) is 0 Å². The molecule has 3 fully saturated rings. The van der Waals surface area contributed by atoms with E-state index in [1.54, 1.807) is 0 Å². The molecule has 116 valence electrons. The molecule has 4 nitrogen and oxygen atoms in total. The number of ether oxygens (including phenoxy) is 1. The second-order valence-electron chi connectivity index (χ2n) is 6.71. The summed E-state index contributed by atoms with van der Waals surface area (Å²) in [4.78, 5) is 2.21. The quantitative estimate of drug-likeness (QED) is 0.762. The van der Waals surface area contributed by atoms with E-state index in [9.17, 15) is 5.11 Å². The van der Waals surface area contributed by atoms with E-state index in [4.69, 9.17) is 22.1 Å². The van der Waals surface area contributed by atoms with Crippen molar-refractivity contribution in [2.45, 2.75) is 74.3 Å². The molecular formula is C15H27ClN2O2. The number of alkyl halides is 1. The molecule has 1 aliphatic heterocycles. The molecule has 2 aliphatic carbocycles. The summed E-state index contributed by atoms with van der Waals surface area (Å²) >= 11 is 6.67. The average molecular weight is 303 g/mol. The molecule has 0 aromatic rings. The second kappa shape index (κ2) is 5.73. The summed E-state index contributed by atoms with van der Waals surface area (Å²) in [5.74, 6) is 0.346. The van der Waals surface area contributed by atoms with E-state index in [2.05, 4.69) is 11.9 Å². The zero-order valence-electron chi connectivity index (χ0n) is 12.3. The van der Waals surface area contributed by atoms with Gasteiger partial charge in [-0.25, -0.2) is 0 Å². The van der Waals surface area contributed by atoms with Gasteiger partial charge in [-0.3, -0.25) is 4.90 Å². The molecule has 0 aromatic heterocycles. The van der Waals surface area contributed by atoms with Crippen LogP contribution in [0, 0.1) is 5.92 Å². The Labute approximate surface area is 126 Å². The Morgan fingerprint density at radius 2 is 2.05 bits per heavy atom. The number of aliphatic hydroxyl groups is 1. The van der Waals surface area contributed by atoms with Crippen molar-refractivity contribution < 1.29 is 9.84 Å². The first kappa shape index (κ1) is 15.0. The number of likely N-dealkylation sites (N-methyl/N-ethyl adjacent to an activating group) is 1. The lowest BCUT2D eigenvalue weighted by molar-refractivity contribution is -0.271. The Hall–Kier alpha value is 0.130. The highest BCUT2D eigenvalue weighted by atomic mass is 35.5. The van der Waals surface area contributed by atoms with Crippen molar-refractivity contribution in [2.75, 3.05) is 13.6 Å². The van der Waals surface area contributed by atoms with Crippen LogP contribution >= 0.6 is 11.6 Å². The van der Waals surface area contributed by atoms with Gasteiger partial charge in [0.05, 0.1) is 17.7 Å². The maximum absolute atomic E-state index is 10.9. The molecule has 0 amide bonds. The summed E-state index contributed by atoms with van der Waals surface area (Å²) < 4.78 is 5.99. The minimum absolute atomic E-state index is 0.0701. The molecule has 3 aliphatic rings. The van der Waals surface area contributed by atoms with Crippen molar-refractivity contribution in [2.24, 2.45) is 11.7 Å². The Kier molecular flexibility index (Phi) is 4.31. The van der Waals surface area contributed by atoms with Crippen molar-refractivity contribution in [3.8, 4) is 0 Å². The number of nitrogens with two attached hydrogens (primary N) is 1. The summed E-state index contributed by atoms with van der Waals surface area (Å²) in [7, 11) is 2.06. The SMILES string of the molecule is CN1C(CN)OC2CCCC1(C1CCCCC1Cl)C2O.